The van der Waals surface area contributed by atoms with E-state index in [-0.39, 0.29) is 34.5 Å². The van der Waals surface area contributed by atoms with Crippen molar-refractivity contribution >= 4 is 38.9 Å². The number of amides is 1. The van der Waals surface area contributed by atoms with Crippen LogP contribution in [0.25, 0.3) is 11.1 Å². The van der Waals surface area contributed by atoms with E-state index in [1.54, 1.807) is 42.6 Å². The van der Waals surface area contributed by atoms with E-state index in [9.17, 15) is 26.4 Å². The highest BCUT2D eigenvalue weighted by Gasteiger charge is 2.34. The number of nitrogens with one attached hydrogen (secondary N) is 2. The van der Waals surface area contributed by atoms with Gasteiger partial charge in [0.15, 0.2) is 9.84 Å². The molecule has 3 aromatic carbocycles. The van der Waals surface area contributed by atoms with E-state index in [0.29, 0.717) is 41.3 Å². The van der Waals surface area contributed by atoms with Crippen LogP contribution in [0.5, 0.6) is 0 Å². The lowest BCUT2D eigenvalue weighted by Gasteiger charge is -2.32. The summed E-state index contributed by atoms with van der Waals surface area (Å²) in [6, 6.07) is 18.6. The summed E-state index contributed by atoms with van der Waals surface area (Å²) in [5.74, 6) is 0.180. The SMILES string of the molecule is CS(=O)(=O)c1ccc(CNC(=O)c2ccccc2-c2cnc3c(c2)N(Cc2cc(Cl)ccc2C(F)(F)F)CCN3)cc1. The third-order valence-electron chi connectivity index (χ3n) is 6.90. The van der Waals surface area contributed by atoms with Crippen molar-refractivity contribution in [3.63, 3.8) is 0 Å². The first-order valence-corrected chi connectivity index (χ1v) is 15.2. The van der Waals surface area contributed by atoms with Crippen molar-refractivity contribution in [3.8, 4) is 11.1 Å². The van der Waals surface area contributed by atoms with Crippen LogP contribution in [0.1, 0.15) is 27.0 Å². The van der Waals surface area contributed by atoms with Crippen LogP contribution >= 0.6 is 11.6 Å². The fraction of sp³-hybridized carbons (Fsp3) is 0.200. The Bertz CT molecular complexity index is 1750. The Labute approximate surface area is 246 Å². The van der Waals surface area contributed by atoms with Gasteiger partial charge in [-0.3, -0.25) is 4.79 Å². The molecule has 12 heteroatoms. The second-order valence-corrected chi connectivity index (χ2v) is 12.3. The standard InChI is InChI=1S/C30H26ClF3N4O3S/c1-42(40,41)23-9-6-19(7-10-23)16-37-29(39)25-5-3-2-4-24(25)20-15-27-28(36-17-20)35-12-13-38(27)18-21-14-22(31)8-11-26(21)30(32,33)34/h2-11,14-15,17H,12-13,16,18H2,1H3,(H,35,36)(H,37,39). The number of alkyl halides is 3. The number of benzene rings is 3. The zero-order chi connectivity index (χ0) is 30.1. The van der Waals surface area contributed by atoms with E-state index < -0.39 is 21.6 Å². The number of halogens is 4. The maximum Gasteiger partial charge on any atom is 0.416 e. The molecule has 1 aliphatic heterocycles. The summed E-state index contributed by atoms with van der Waals surface area (Å²) in [5, 5.41) is 6.26. The van der Waals surface area contributed by atoms with Crippen molar-refractivity contribution in [3.05, 3.63) is 106 Å². The highest BCUT2D eigenvalue weighted by atomic mass is 35.5. The second-order valence-electron chi connectivity index (χ2n) is 9.88. The molecule has 0 radical (unpaired) electrons. The smallest absolute Gasteiger partial charge is 0.367 e. The maximum absolute atomic E-state index is 13.7. The van der Waals surface area contributed by atoms with Crippen molar-refractivity contribution in [2.45, 2.75) is 24.2 Å². The molecule has 0 bridgehead atoms. The number of rotatable bonds is 7. The van der Waals surface area contributed by atoms with Crippen LogP contribution in [-0.2, 0) is 29.1 Å². The fourth-order valence-electron chi connectivity index (χ4n) is 4.81. The minimum Gasteiger partial charge on any atom is -0.367 e. The fourth-order valence-corrected chi connectivity index (χ4v) is 5.64. The highest BCUT2D eigenvalue weighted by molar-refractivity contribution is 7.90. The molecule has 1 amide bonds. The van der Waals surface area contributed by atoms with E-state index in [1.807, 2.05) is 11.0 Å². The Balaban J connectivity index is 1.41. The second kappa shape index (κ2) is 11.7. The molecule has 2 N–H and O–H groups in total. The molecule has 2 heterocycles. The maximum atomic E-state index is 13.7. The van der Waals surface area contributed by atoms with Gasteiger partial charge in [0.25, 0.3) is 5.91 Å². The number of sulfone groups is 1. The molecular formula is C30H26ClF3N4O3S. The molecule has 5 rings (SSSR count). The number of fused-ring (bicyclic) bond motifs is 1. The number of nitrogens with zero attached hydrogens (tertiary/aromatic N) is 2. The van der Waals surface area contributed by atoms with Gasteiger partial charge in [-0.05, 0) is 59.2 Å². The normalized spacial score (nSPS) is 13.3. The van der Waals surface area contributed by atoms with Crippen molar-refractivity contribution in [1.82, 2.24) is 10.3 Å². The van der Waals surface area contributed by atoms with Crippen molar-refractivity contribution < 1.29 is 26.4 Å². The summed E-state index contributed by atoms with van der Waals surface area (Å²) in [6.07, 6.45) is -1.78. The molecule has 0 spiro atoms. The molecule has 42 heavy (non-hydrogen) atoms. The molecule has 0 saturated heterocycles. The molecule has 1 aromatic heterocycles. The van der Waals surface area contributed by atoms with Gasteiger partial charge in [-0.1, -0.05) is 41.9 Å². The number of anilines is 2. The third-order valence-corrected chi connectivity index (χ3v) is 8.27. The number of pyridine rings is 1. The van der Waals surface area contributed by atoms with Crippen molar-refractivity contribution in [1.29, 1.82) is 0 Å². The van der Waals surface area contributed by atoms with E-state index in [2.05, 4.69) is 15.6 Å². The number of carbonyl (C=O) groups excluding carboxylic acids is 1. The van der Waals surface area contributed by atoms with Crippen LogP contribution in [0.2, 0.25) is 5.02 Å². The zero-order valence-corrected chi connectivity index (χ0v) is 23.9. The summed E-state index contributed by atoms with van der Waals surface area (Å²) in [4.78, 5) is 19.7. The van der Waals surface area contributed by atoms with Gasteiger partial charge in [0.1, 0.15) is 5.82 Å². The first-order chi connectivity index (χ1) is 19.9. The quantitative estimate of drug-likeness (QED) is 0.258. The number of aromatic nitrogens is 1. The van der Waals surface area contributed by atoms with Gasteiger partial charge in [-0.25, -0.2) is 13.4 Å². The van der Waals surface area contributed by atoms with Gasteiger partial charge < -0.3 is 15.5 Å². The third kappa shape index (κ3) is 6.52. The summed E-state index contributed by atoms with van der Waals surface area (Å²) >= 11 is 6.05. The first-order valence-electron chi connectivity index (χ1n) is 12.9. The predicted octanol–water partition coefficient (Wildman–Crippen LogP) is 6.19. The molecular weight excluding hydrogens is 589 g/mol. The molecule has 0 fully saturated rings. The van der Waals surface area contributed by atoms with Gasteiger partial charge >= 0.3 is 6.18 Å². The first kappa shape index (κ1) is 29.4. The lowest BCUT2D eigenvalue weighted by Crippen LogP contribution is -2.34. The van der Waals surface area contributed by atoms with Crippen LogP contribution in [0.15, 0.2) is 83.9 Å². The number of carbonyl (C=O) groups is 1. The van der Waals surface area contributed by atoms with Crippen LogP contribution < -0.4 is 15.5 Å². The minimum absolute atomic E-state index is 0.0323. The largest absolute Gasteiger partial charge is 0.416 e. The Hall–Kier alpha value is -4.09. The predicted molar refractivity (Wildman–Crippen MR) is 156 cm³/mol. The van der Waals surface area contributed by atoms with E-state index in [0.717, 1.165) is 17.9 Å². The Kier molecular flexibility index (Phi) is 8.16. The molecule has 0 atom stereocenters. The molecule has 0 unspecified atom stereocenters. The van der Waals surface area contributed by atoms with Crippen molar-refractivity contribution in [2.24, 2.45) is 0 Å². The molecule has 0 saturated carbocycles. The summed E-state index contributed by atoms with van der Waals surface area (Å²) in [7, 11) is -3.33. The molecule has 1 aliphatic rings. The van der Waals surface area contributed by atoms with Crippen LogP contribution in [0.4, 0.5) is 24.7 Å². The lowest BCUT2D eigenvalue weighted by molar-refractivity contribution is -0.138. The topological polar surface area (TPSA) is 91.4 Å². The van der Waals surface area contributed by atoms with Gasteiger partial charge in [0.05, 0.1) is 16.1 Å². The average molecular weight is 615 g/mol. The van der Waals surface area contributed by atoms with Crippen molar-refractivity contribution in [2.75, 3.05) is 29.6 Å². The Morgan fingerprint density at radius 2 is 1.81 bits per heavy atom. The zero-order valence-electron chi connectivity index (χ0n) is 22.4. The van der Waals surface area contributed by atoms with E-state index >= 15 is 0 Å². The van der Waals surface area contributed by atoms with Gasteiger partial charge in [0, 0.05) is 54.8 Å². The van der Waals surface area contributed by atoms with E-state index in [4.69, 9.17) is 11.6 Å². The number of hydrogen-bond donors (Lipinski definition) is 2. The monoisotopic (exact) mass is 614 g/mol. The molecule has 0 aliphatic carbocycles. The summed E-state index contributed by atoms with van der Waals surface area (Å²) in [5.41, 5.74) is 2.24. The van der Waals surface area contributed by atoms with Crippen LogP contribution in [0.3, 0.4) is 0 Å². The van der Waals surface area contributed by atoms with Gasteiger partial charge in [-0.15, -0.1) is 0 Å². The minimum atomic E-state index is -4.53. The Morgan fingerprint density at radius 1 is 1.07 bits per heavy atom. The molecule has 218 valence electrons. The number of hydrogen-bond acceptors (Lipinski definition) is 6. The highest BCUT2D eigenvalue weighted by Crippen LogP contribution is 2.37. The Morgan fingerprint density at radius 3 is 2.52 bits per heavy atom. The summed E-state index contributed by atoms with van der Waals surface area (Å²) < 4.78 is 64.6. The van der Waals surface area contributed by atoms with Gasteiger partial charge in [-0.2, -0.15) is 13.2 Å². The lowest BCUT2D eigenvalue weighted by atomic mass is 9.99. The average Bonchev–Trinajstić information content (AvgIpc) is 2.95. The molecule has 7 nitrogen and oxygen atoms in total. The summed E-state index contributed by atoms with van der Waals surface area (Å²) in [6.45, 7) is 1.07. The van der Waals surface area contributed by atoms with Crippen LogP contribution in [0, 0.1) is 0 Å². The molecule has 4 aromatic rings. The van der Waals surface area contributed by atoms with E-state index in [1.165, 1.54) is 24.3 Å². The van der Waals surface area contributed by atoms with Crippen LogP contribution in [-0.4, -0.2) is 38.7 Å². The van der Waals surface area contributed by atoms with Gasteiger partial charge in [0.2, 0.25) is 0 Å².